The number of carbonyl (C=O) groups excluding carboxylic acids is 1. The molecule has 0 aliphatic heterocycles. The van der Waals surface area contributed by atoms with Crippen molar-refractivity contribution < 1.29 is 14.3 Å². The van der Waals surface area contributed by atoms with E-state index in [4.69, 9.17) is 0 Å². The third kappa shape index (κ3) is 3.66. The number of hydrogen-bond acceptors (Lipinski definition) is 4. The van der Waals surface area contributed by atoms with Gasteiger partial charge in [0.25, 0.3) is 5.91 Å². The summed E-state index contributed by atoms with van der Waals surface area (Å²) in [5.74, 6) is -0.543. The molecule has 1 aromatic heterocycles. The second-order valence-corrected chi connectivity index (χ2v) is 4.16. The maximum absolute atomic E-state index is 13.1. The Hall–Kier alpha value is -1.69. The van der Waals surface area contributed by atoms with E-state index >= 15 is 0 Å². The van der Waals surface area contributed by atoms with Gasteiger partial charge in [0.05, 0.1) is 17.9 Å². The number of amides is 1. The van der Waals surface area contributed by atoms with Crippen molar-refractivity contribution in [1.29, 1.82) is 0 Å². The lowest BCUT2D eigenvalue weighted by Crippen LogP contribution is -2.30. The largest absolute Gasteiger partial charge is 0.393 e. The van der Waals surface area contributed by atoms with Gasteiger partial charge in [0.2, 0.25) is 0 Å². The predicted molar refractivity (Wildman–Crippen MR) is 67.0 cm³/mol. The molecule has 1 atom stereocenters. The summed E-state index contributed by atoms with van der Waals surface area (Å²) in [6.45, 7) is 2.05. The molecular formula is C12H18FN3O2. The van der Waals surface area contributed by atoms with E-state index in [0.717, 1.165) is 12.3 Å². The number of rotatable bonds is 5. The molecule has 100 valence electrons. The lowest BCUT2D eigenvalue weighted by molar-refractivity contribution is 0.0769. The molecule has 0 saturated carbocycles. The van der Waals surface area contributed by atoms with Gasteiger partial charge in [-0.25, -0.2) is 9.37 Å². The van der Waals surface area contributed by atoms with Crippen molar-refractivity contribution in [2.75, 3.05) is 26.0 Å². The minimum Gasteiger partial charge on any atom is -0.393 e. The standard InChI is InChI=1S/C12H18FN3O2/c1-8(17)4-5-16(3)12(18)10-6-9(13)7-15-11(10)14-2/h6-8,17H,4-5H2,1-3H3,(H,14,15). The molecule has 1 aromatic rings. The predicted octanol–water partition coefficient (Wildman–Crippen LogP) is 1.11. The Kier molecular flexibility index (Phi) is 5.03. The Labute approximate surface area is 106 Å². The molecule has 0 aliphatic carbocycles. The summed E-state index contributed by atoms with van der Waals surface area (Å²) in [4.78, 5) is 17.3. The van der Waals surface area contributed by atoms with Gasteiger partial charge in [-0.3, -0.25) is 4.79 Å². The zero-order valence-corrected chi connectivity index (χ0v) is 10.8. The van der Waals surface area contributed by atoms with Gasteiger partial charge >= 0.3 is 0 Å². The molecule has 1 unspecified atom stereocenters. The molecule has 5 nitrogen and oxygen atoms in total. The number of aliphatic hydroxyl groups excluding tert-OH is 1. The van der Waals surface area contributed by atoms with E-state index in [1.807, 2.05) is 0 Å². The molecule has 0 aliphatic rings. The van der Waals surface area contributed by atoms with Crippen LogP contribution in [-0.4, -0.2) is 47.6 Å². The molecule has 1 amide bonds. The molecule has 0 saturated heterocycles. The molecule has 6 heteroatoms. The lowest BCUT2D eigenvalue weighted by atomic mass is 10.2. The number of aliphatic hydroxyl groups is 1. The van der Waals surface area contributed by atoms with Crippen molar-refractivity contribution in [3.8, 4) is 0 Å². The smallest absolute Gasteiger partial charge is 0.257 e. The highest BCUT2D eigenvalue weighted by atomic mass is 19.1. The van der Waals surface area contributed by atoms with Gasteiger partial charge in [-0.1, -0.05) is 0 Å². The number of halogens is 1. The first kappa shape index (κ1) is 14.4. The summed E-state index contributed by atoms with van der Waals surface area (Å²) >= 11 is 0. The highest BCUT2D eigenvalue weighted by Crippen LogP contribution is 2.15. The van der Waals surface area contributed by atoms with Crippen LogP contribution in [0, 0.1) is 5.82 Å². The van der Waals surface area contributed by atoms with E-state index in [-0.39, 0.29) is 11.5 Å². The minimum atomic E-state index is -0.554. The van der Waals surface area contributed by atoms with Crippen LogP contribution < -0.4 is 5.32 Å². The van der Waals surface area contributed by atoms with Gasteiger partial charge in [0.15, 0.2) is 0 Å². The van der Waals surface area contributed by atoms with Crippen LogP contribution in [-0.2, 0) is 0 Å². The third-order valence-electron chi connectivity index (χ3n) is 2.55. The first-order valence-electron chi connectivity index (χ1n) is 5.72. The number of nitrogens with one attached hydrogen (secondary N) is 1. The quantitative estimate of drug-likeness (QED) is 0.827. The second kappa shape index (κ2) is 6.30. The zero-order valence-electron chi connectivity index (χ0n) is 10.8. The van der Waals surface area contributed by atoms with Gasteiger partial charge in [0.1, 0.15) is 11.6 Å². The zero-order chi connectivity index (χ0) is 13.7. The summed E-state index contributed by atoms with van der Waals surface area (Å²) in [5, 5.41) is 11.9. The molecule has 0 aromatic carbocycles. The van der Waals surface area contributed by atoms with E-state index in [2.05, 4.69) is 10.3 Å². The molecule has 2 N–H and O–H groups in total. The third-order valence-corrected chi connectivity index (χ3v) is 2.55. The molecule has 0 radical (unpaired) electrons. The van der Waals surface area contributed by atoms with E-state index in [1.165, 1.54) is 4.90 Å². The minimum absolute atomic E-state index is 0.186. The number of aromatic nitrogens is 1. The molecule has 18 heavy (non-hydrogen) atoms. The number of pyridine rings is 1. The molecule has 1 heterocycles. The summed E-state index contributed by atoms with van der Waals surface area (Å²) in [6, 6.07) is 1.15. The van der Waals surface area contributed by atoms with Crippen LogP contribution in [0.25, 0.3) is 0 Å². The lowest BCUT2D eigenvalue weighted by Gasteiger charge is -2.19. The van der Waals surface area contributed by atoms with Crippen LogP contribution in [0.1, 0.15) is 23.7 Å². The van der Waals surface area contributed by atoms with Crippen LogP contribution in [0.15, 0.2) is 12.3 Å². The Morgan fingerprint density at radius 3 is 2.89 bits per heavy atom. The fraction of sp³-hybridized carbons (Fsp3) is 0.500. The summed E-state index contributed by atoms with van der Waals surface area (Å²) in [6.07, 6.45) is 1.05. The van der Waals surface area contributed by atoms with Crippen LogP contribution in [0.4, 0.5) is 10.2 Å². The molecular weight excluding hydrogens is 237 g/mol. The first-order valence-corrected chi connectivity index (χ1v) is 5.72. The van der Waals surface area contributed by atoms with E-state index in [0.29, 0.717) is 18.8 Å². The van der Waals surface area contributed by atoms with Crippen molar-refractivity contribution in [1.82, 2.24) is 9.88 Å². The van der Waals surface area contributed by atoms with Gasteiger partial charge in [-0.2, -0.15) is 0 Å². The molecule has 0 bridgehead atoms. The average Bonchev–Trinajstić information content (AvgIpc) is 2.34. The summed E-state index contributed by atoms with van der Waals surface area (Å²) < 4.78 is 13.1. The summed E-state index contributed by atoms with van der Waals surface area (Å²) in [5.41, 5.74) is 0.186. The summed E-state index contributed by atoms with van der Waals surface area (Å²) in [7, 11) is 3.22. The Balaban J connectivity index is 2.85. The Bertz CT molecular complexity index is 424. The normalized spacial score (nSPS) is 12.1. The maximum atomic E-state index is 13.1. The van der Waals surface area contributed by atoms with Crippen molar-refractivity contribution in [2.45, 2.75) is 19.4 Å². The fourth-order valence-corrected chi connectivity index (χ4v) is 1.49. The van der Waals surface area contributed by atoms with Gasteiger partial charge < -0.3 is 15.3 Å². The SMILES string of the molecule is CNc1ncc(F)cc1C(=O)N(C)CCC(C)O. The van der Waals surface area contributed by atoms with Crippen LogP contribution in [0.5, 0.6) is 0 Å². The highest BCUT2D eigenvalue weighted by Gasteiger charge is 2.17. The van der Waals surface area contributed by atoms with Gasteiger partial charge in [0, 0.05) is 20.6 Å². The van der Waals surface area contributed by atoms with Crippen molar-refractivity contribution in [2.24, 2.45) is 0 Å². The average molecular weight is 255 g/mol. The number of nitrogens with zero attached hydrogens (tertiary/aromatic N) is 2. The van der Waals surface area contributed by atoms with Gasteiger partial charge in [-0.05, 0) is 19.4 Å². The van der Waals surface area contributed by atoms with Crippen molar-refractivity contribution in [3.63, 3.8) is 0 Å². The van der Waals surface area contributed by atoms with Crippen molar-refractivity contribution >= 4 is 11.7 Å². The molecule has 0 spiro atoms. The first-order chi connectivity index (χ1) is 8.45. The maximum Gasteiger partial charge on any atom is 0.257 e. The van der Waals surface area contributed by atoms with Crippen LogP contribution >= 0.6 is 0 Å². The highest BCUT2D eigenvalue weighted by molar-refractivity contribution is 5.98. The second-order valence-electron chi connectivity index (χ2n) is 4.16. The number of hydrogen-bond donors (Lipinski definition) is 2. The van der Waals surface area contributed by atoms with E-state index < -0.39 is 11.9 Å². The Morgan fingerprint density at radius 1 is 1.67 bits per heavy atom. The van der Waals surface area contributed by atoms with Crippen LogP contribution in [0.2, 0.25) is 0 Å². The molecule has 0 fully saturated rings. The van der Waals surface area contributed by atoms with Crippen LogP contribution in [0.3, 0.4) is 0 Å². The number of carbonyl (C=O) groups is 1. The fourth-order valence-electron chi connectivity index (χ4n) is 1.49. The molecule has 1 rings (SSSR count). The topological polar surface area (TPSA) is 65.5 Å². The van der Waals surface area contributed by atoms with E-state index in [1.54, 1.807) is 21.0 Å². The monoisotopic (exact) mass is 255 g/mol. The number of anilines is 1. The van der Waals surface area contributed by atoms with Gasteiger partial charge in [-0.15, -0.1) is 0 Å². The van der Waals surface area contributed by atoms with Crippen molar-refractivity contribution in [3.05, 3.63) is 23.6 Å². The van der Waals surface area contributed by atoms with E-state index in [9.17, 15) is 14.3 Å². The Morgan fingerprint density at radius 2 is 2.33 bits per heavy atom.